The van der Waals surface area contributed by atoms with Crippen molar-refractivity contribution in [2.75, 3.05) is 37.7 Å². The molecular formula is C21H21N3O4S. The van der Waals surface area contributed by atoms with Crippen LogP contribution in [-0.4, -0.2) is 62.2 Å². The Labute approximate surface area is 169 Å². The molecule has 2 aliphatic rings. The van der Waals surface area contributed by atoms with Gasteiger partial charge in [-0.2, -0.15) is 4.31 Å². The van der Waals surface area contributed by atoms with Crippen molar-refractivity contribution in [3.63, 3.8) is 0 Å². The van der Waals surface area contributed by atoms with E-state index < -0.39 is 21.7 Å². The fourth-order valence-corrected chi connectivity index (χ4v) is 4.70. The van der Waals surface area contributed by atoms with E-state index in [1.165, 1.54) is 14.6 Å². The number of amides is 1. The molecule has 0 unspecified atom stereocenters. The van der Waals surface area contributed by atoms with Crippen LogP contribution in [0.4, 0.5) is 5.69 Å². The van der Waals surface area contributed by atoms with E-state index in [9.17, 15) is 18.0 Å². The molecule has 1 fully saturated rings. The first-order valence-electron chi connectivity index (χ1n) is 9.36. The van der Waals surface area contributed by atoms with Gasteiger partial charge in [-0.25, -0.2) is 8.42 Å². The molecular weight excluding hydrogens is 390 g/mol. The minimum atomic E-state index is -3.51. The molecule has 4 rings (SSSR count). The van der Waals surface area contributed by atoms with Crippen molar-refractivity contribution in [1.29, 1.82) is 0 Å². The van der Waals surface area contributed by atoms with Gasteiger partial charge in [0.2, 0.25) is 10.0 Å². The maximum absolute atomic E-state index is 12.6. The molecule has 0 atom stereocenters. The number of para-hydroxylation sites is 1. The molecule has 0 aromatic heterocycles. The molecule has 0 spiro atoms. The highest BCUT2D eigenvalue weighted by Gasteiger charge is 2.37. The van der Waals surface area contributed by atoms with Crippen LogP contribution in [0.15, 0.2) is 60.0 Å². The number of nitrogens with zero attached hydrogens (tertiary/aromatic N) is 3. The molecule has 2 aromatic carbocycles. The summed E-state index contributed by atoms with van der Waals surface area (Å²) >= 11 is 0. The maximum atomic E-state index is 12.6. The number of rotatable bonds is 5. The number of carbonyl (C=O) groups is 2. The van der Waals surface area contributed by atoms with Crippen molar-refractivity contribution in [3.8, 4) is 0 Å². The van der Waals surface area contributed by atoms with E-state index in [4.69, 9.17) is 0 Å². The van der Waals surface area contributed by atoms with Crippen molar-refractivity contribution in [2.45, 2.75) is 0 Å². The standard InChI is InChI=1S/C21H21N3O4S/c25-20-18-8-4-5-9-19(18)24(21(20)26)16-22-11-13-23(14-12-22)29(27,28)15-10-17-6-2-1-3-7-17/h1-10,15H,11-14,16H2/b15-10+. The number of anilines is 1. The number of piperazine rings is 1. The third kappa shape index (κ3) is 4.00. The second-order valence-electron chi connectivity index (χ2n) is 7.00. The summed E-state index contributed by atoms with van der Waals surface area (Å²) in [5.41, 5.74) is 1.86. The first-order valence-corrected chi connectivity index (χ1v) is 10.9. The van der Waals surface area contributed by atoms with Crippen LogP contribution in [0.3, 0.4) is 0 Å². The lowest BCUT2D eigenvalue weighted by Gasteiger charge is -2.35. The predicted octanol–water partition coefficient (Wildman–Crippen LogP) is 1.79. The van der Waals surface area contributed by atoms with Gasteiger partial charge >= 0.3 is 5.91 Å². The monoisotopic (exact) mass is 411 g/mol. The normalized spacial score (nSPS) is 18.6. The Kier molecular flexibility index (Phi) is 5.31. The lowest BCUT2D eigenvalue weighted by molar-refractivity contribution is -0.114. The molecule has 0 N–H and O–H groups in total. The number of sulfonamides is 1. The number of fused-ring (bicyclic) bond motifs is 1. The summed E-state index contributed by atoms with van der Waals surface area (Å²) in [6.07, 6.45) is 1.59. The third-order valence-corrected chi connectivity index (χ3v) is 6.71. The van der Waals surface area contributed by atoms with Gasteiger partial charge in [-0.1, -0.05) is 42.5 Å². The highest BCUT2D eigenvalue weighted by molar-refractivity contribution is 7.92. The zero-order valence-electron chi connectivity index (χ0n) is 15.8. The highest BCUT2D eigenvalue weighted by atomic mass is 32.2. The Hall–Kier alpha value is -2.81. The molecule has 150 valence electrons. The third-order valence-electron chi connectivity index (χ3n) is 5.14. The molecule has 0 radical (unpaired) electrons. The van der Waals surface area contributed by atoms with E-state index in [-0.39, 0.29) is 6.67 Å². The lowest BCUT2D eigenvalue weighted by atomic mass is 10.1. The van der Waals surface area contributed by atoms with Gasteiger partial charge in [-0.05, 0) is 23.8 Å². The summed E-state index contributed by atoms with van der Waals surface area (Å²) in [6, 6.07) is 16.2. The van der Waals surface area contributed by atoms with Crippen LogP contribution in [0.1, 0.15) is 15.9 Å². The van der Waals surface area contributed by atoms with Crippen molar-refractivity contribution in [2.24, 2.45) is 0 Å². The van der Waals surface area contributed by atoms with Gasteiger partial charge in [-0.3, -0.25) is 19.4 Å². The van der Waals surface area contributed by atoms with E-state index in [0.29, 0.717) is 37.4 Å². The number of Topliss-reactive ketones (excluding diaryl/α,β-unsaturated/α-hetero) is 1. The number of carbonyl (C=O) groups excluding carboxylic acids is 2. The molecule has 2 aliphatic heterocycles. The Morgan fingerprint density at radius 3 is 2.24 bits per heavy atom. The number of hydrogen-bond acceptors (Lipinski definition) is 5. The van der Waals surface area contributed by atoms with Crippen LogP contribution in [0, 0.1) is 0 Å². The second-order valence-corrected chi connectivity index (χ2v) is 8.81. The largest absolute Gasteiger partial charge is 0.300 e. The Morgan fingerprint density at radius 2 is 1.52 bits per heavy atom. The summed E-state index contributed by atoms with van der Waals surface area (Å²) in [6.45, 7) is 1.91. The zero-order valence-corrected chi connectivity index (χ0v) is 16.6. The molecule has 8 heteroatoms. The van der Waals surface area contributed by atoms with E-state index in [0.717, 1.165) is 5.56 Å². The molecule has 2 aromatic rings. The average Bonchev–Trinajstić information content (AvgIpc) is 2.99. The average molecular weight is 411 g/mol. The van der Waals surface area contributed by atoms with E-state index >= 15 is 0 Å². The summed E-state index contributed by atoms with van der Waals surface area (Å²) < 4.78 is 26.6. The topological polar surface area (TPSA) is 78.0 Å². The van der Waals surface area contributed by atoms with Gasteiger partial charge in [0, 0.05) is 31.6 Å². The van der Waals surface area contributed by atoms with Crippen LogP contribution in [0.2, 0.25) is 0 Å². The van der Waals surface area contributed by atoms with Crippen molar-refractivity contribution in [1.82, 2.24) is 9.21 Å². The molecule has 1 amide bonds. The van der Waals surface area contributed by atoms with Crippen LogP contribution in [-0.2, 0) is 14.8 Å². The van der Waals surface area contributed by atoms with E-state index in [1.54, 1.807) is 30.3 Å². The molecule has 0 bridgehead atoms. The first kappa shape index (κ1) is 19.5. The first-order chi connectivity index (χ1) is 14.0. The fourth-order valence-electron chi connectivity index (χ4n) is 3.53. The Bertz CT molecular complexity index is 1060. The van der Waals surface area contributed by atoms with Crippen LogP contribution in [0.25, 0.3) is 6.08 Å². The van der Waals surface area contributed by atoms with Crippen molar-refractivity contribution in [3.05, 3.63) is 71.1 Å². The molecule has 1 saturated heterocycles. The number of ketones is 1. The van der Waals surface area contributed by atoms with Gasteiger partial charge in [0.15, 0.2) is 0 Å². The maximum Gasteiger partial charge on any atom is 0.300 e. The quantitative estimate of drug-likeness (QED) is 0.701. The summed E-state index contributed by atoms with van der Waals surface area (Å²) in [5, 5.41) is 1.23. The highest BCUT2D eigenvalue weighted by Crippen LogP contribution is 2.28. The zero-order chi connectivity index (χ0) is 20.4. The lowest BCUT2D eigenvalue weighted by Crippen LogP contribution is -2.52. The summed E-state index contributed by atoms with van der Waals surface area (Å²) in [5.74, 6) is -1.03. The molecule has 7 nitrogen and oxygen atoms in total. The molecule has 29 heavy (non-hydrogen) atoms. The second kappa shape index (κ2) is 7.90. The fraction of sp³-hybridized carbons (Fsp3) is 0.238. The van der Waals surface area contributed by atoms with E-state index in [1.807, 2.05) is 35.2 Å². The minimum Gasteiger partial charge on any atom is -0.291 e. The molecule has 2 heterocycles. The van der Waals surface area contributed by atoms with Crippen LogP contribution >= 0.6 is 0 Å². The SMILES string of the molecule is O=C1C(=O)N(CN2CCN(S(=O)(=O)/C=C/c3ccccc3)CC2)c2ccccc21. The smallest absolute Gasteiger partial charge is 0.291 e. The number of hydrogen-bond donors (Lipinski definition) is 0. The minimum absolute atomic E-state index is 0.273. The molecule has 0 saturated carbocycles. The van der Waals surface area contributed by atoms with Gasteiger partial charge in [0.25, 0.3) is 5.78 Å². The van der Waals surface area contributed by atoms with Gasteiger partial charge in [0.1, 0.15) is 0 Å². The van der Waals surface area contributed by atoms with Crippen LogP contribution < -0.4 is 4.90 Å². The number of benzene rings is 2. The van der Waals surface area contributed by atoms with Gasteiger partial charge in [-0.15, -0.1) is 0 Å². The molecule has 0 aliphatic carbocycles. The van der Waals surface area contributed by atoms with Crippen LogP contribution in [0.5, 0.6) is 0 Å². The van der Waals surface area contributed by atoms with Gasteiger partial charge in [0.05, 0.1) is 17.9 Å². The predicted molar refractivity (Wildman–Crippen MR) is 111 cm³/mol. The summed E-state index contributed by atoms with van der Waals surface area (Å²) in [7, 11) is -3.51. The van der Waals surface area contributed by atoms with Crippen molar-refractivity contribution < 1.29 is 18.0 Å². The van der Waals surface area contributed by atoms with Gasteiger partial charge < -0.3 is 0 Å². The van der Waals surface area contributed by atoms with E-state index in [2.05, 4.69) is 0 Å². The summed E-state index contributed by atoms with van der Waals surface area (Å²) in [4.78, 5) is 27.9. The van der Waals surface area contributed by atoms with Crippen molar-refractivity contribution >= 4 is 33.5 Å². The Balaban J connectivity index is 1.38. The Morgan fingerprint density at radius 1 is 0.862 bits per heavy atom.